The Hall–Kier alpha value is -1.10. The molecule has 94 valence electrons. The van der Waals surface area contributed by atoms with E-state index in [1.165, 1.54) is 0 Å². The standard InChI is InChI=1S/C12H17ClN2O2/c1-15(12(16)9-17-7-6-14)8-10-4-2-3-5-11(10)13/h2-5H,6-9,14H2,1H3. The van der Waals surface area contributed by atoms with E-state index in [1.807, 2.05) is 18.2 Å². The second kappa shape index (κ2) is 7.27. The fraction of sp³-hybridized carbons (Fsp3) is 0.417. The molecule has 0 saturated heterocycles. The number of nitrogens with zero attached hydrogens (tertiary/aromatic N) is 1. The van der Waals surface area contributed by atoms with Crippen molar-refractivity contribution in [1.82, 2.24) is 4.90 Å². The first-order valence-electron chi connectivity index (χ1n) is 5.40. The summed E-state index contributed by atoms with van der Waals surface area (Å²) in [5.74, 6) is -0.0848. The van der Waals surface area contributed by atoms with Crippen molar-refractivity contribution in [1.29, 1.82) is 0 Å². The number of hydrogen-bond donors (Lipinski definition) is 1. The molecule has 0 unspecified atom stereocenters. The maximum Gasteiger partial charge on any atom is 0.248 e. The molecule has 0 aliphatic carbocycles. The Balaban J connectivity index is 2.46. The first-order valence-corrected chi connectivity index (χ1v) is 5.78. The number of nitrogens with two attached hydrogens (primary N) is 1. The largest absolute Gasteiger partial charge is 0.370 e. The molecule has 4 nitrogen and oxygen atoms in total. The van der Waals surface area contributed by atoms with Gasteiger partial charge in [-0.25, -0.2) is 0 Å². The lowest BCUT2D eigenvalue weighted by Crippen LogP contribution is -2.30. The fourth-order valence-electron chi connectivity index (χ4n) is 1.32. The third-order valence-electron chi connectivity index (χ3n) is 2.28. The lowest BCUT2D eigenvalue weighted by molar-refractivity contribution is -0.135. The first kappa shape index (κ1) is 14.0. The third-order valence-corrected chi connectivity index (χ3v) is 2.65. The maximum absolute atomic E-state index is 11.7. The summed E-state index contributed by atoms with van der Waals surface area (Å²) in [7, 11) is 1.72. The summed E-state index contributed by atoms with van der Waals surface area (Å²) in [5, 5.41) is 0.662. The zero-order valence-electron chi connectivity index (χ0n) is 9.86. The minimum atomic E-state index is -0.0848. The Labute approximate surface area is 106 Å². The molecule has 0 radical (unpaired) electrons. The van der Waals surface area contributed by atoms with Gasteiger partial charge in [0.05, 0.1) is 6.61 Å². The average molecular weight is 257 g/mol. The van der Waals surface area contributed by atoms with Crippen molar-refractivity contribution in [2.24, 2.45) is 5.73 Å². The van der Waals surface area contributed by atoms with Gasteiger partial charge < -0.3 is 15.4 Å². The topological polar surface area (TPSA) is 55.6 Å². The molecule has 0 fully saturated rings. The Morgan fingerprint density at radius 3 is 2.82 bits per heavy atom. The summed E-state index contributed by atoms with van der Waals surface area (Å²) in [5.41, 5.74) is 6.19. The third kappa shape index (κ3) is 4.73. The number of rotatable bonds is 6. The first-order chi connectivity index (χ1) is 8.15. The lowest BCUT2D eigenvalue weighted by Gasteiger charge is -2.17. The molecule has 0 aromatic heterocycles. The summed E-state index contributed by atoms with van der Waals surface area (Å²) in [4.78, 5) is 13.2. The van der Waals surface area contributed by atoms with E-state index in [9.17, 15) is 4.79 Å². The minimum absolute atomic E-state index is 0.0537. The molecule has 1 amide bonds. The van der Waals surface area contributed by atoms with Crippen molar-refractivity contribution in [2.75, 3.05) is 26.8 Å². The minimum Gasteiger partial charge on any atom is -0.370 e. The van der Waals surface area contributed by atoms with Gasteiger partial charge in [-0.3, -0.25) is 4.79 Å². The van der Waals surface area contributed by atoms with E-state index < -0.39 is 0 Å². The zero-order chi connectivity index (χ0) is 12.7. The van der Waals surface area contributed by atoms with Crippen LogP contribution in [0, 0.1) is 0 Å². The Kier molecular flexibility index (Phi) is 5.97. The highest BCUT2D eigenvalue weighted by Gasteiger charge is 2.10. The van der Waals surface area contributed by atoms with Crippen molar-refractivity contribution in [3.05, 3.63) is 34.9 Å². The molecule has 0 saturated carbocycles. The van der Waals surface area contributed by atoms with Crippen LogP contribution in [0.3, 0.4) is 0 Å². The van der Waals surface area contributed by atoms with Gasteiger partial charge in [0.1, 0.15) is 6.61 Å². The zero-order valence-corrected chi connectivity index (χ0v) is 10.6. The predicted molar refractivity (Wildman–Crippen MR) is 67.8 cm³/mol. The summed E-state index contributed by atoms with van der Waals surface area (Å²) in [6, 6.07) is 7.45. The molecule has 1 aromatic rings. The van der Waals surface area contributed by atoms with Gasteiger partial charge in [0.2, 0.25) is 5.91 Å². The van der Waals surface area contributed by atoms with Gasteiger partial charge in [-0.2, -0.15) is 0 Å². The van der Waals surface area contributed by atoms with Crippen molar-refractivity contribution < 1.29 is 9.53 Å². The molecular formula is C12H17ClN2O2. The van der Waals surface area contributed by atoms with E-state index in [0.29, 0.717) is 24.7 Å². The van der Waals surface area contributed by atoms with Crippen LogP contribution in [0.25, 0.3) is 0 Å². The molecule has 0 bridgehead atoms. The summed E-state index contributed by atoms with van der Waals surface area (Å²) < 4.78 is 5.08. The number of likely N-dealkylation sites (N-methyl/N-ethyl adjacent to an activating group) is 1. The van der Waals surface area contributed by atoms with Gasteiger partial charge in [0, 0.05) is 25.2 Å². The van der Waals surface area contributed by atoms with E-state index in [-0.39, 0.29) is 12.5 Å². The Bertz CT molecular complexity index is 371. The Morgan fingerprint density at radius 1 is 1.47 bits per heavy atom. The van der Waals surface area contributed by atoms with Crippen molar-refractivity contribution >= 4 is 17.5 Å². The maximum atomic E-state index is 11.7. The SMILES string of the molecule is CN(Cc1ccccc1Cl)C(=O)COCCN. The highest BCUT2D eigenvalue weighted by molar-refractivity contribution is 6.31. The molecule has 5 heteroatoms. The van der Waals surface area contributed by atoms with Crippen LogP contribution in [0.4, 0.5) is 0 Å². The van der Waals surface area contributed by atoms with Gasteiger partial charge in [-0.1, -0.05) is 29.8 Å². The van der Waals surface area contributed by atoms with Crippen LogP contribution in [-0.4, -0.2) is 37.6 Å². The van der Waals surface area contributed by atoms with Crippen LogP contribution in [0.1, 0.15) is 5.56 Å². The number of carbonyl (C=O) groups excluding carboxylic acids is 1. The molecular weight excluding hydrogens is 240 g/mol. The van der Waals surface area contributed by atoms with Crippen molar-refractivity contribution in [2.45, 2.75) is 6.54 Å². The van der Waals surface area contributed by atoms with E-state index in [0.717, 1.165) is 5.56 Å². The summed E-state index contributed by atoms with van der Waals surface area (Å²) in [6.07, 6.45) is 0. The molecule has 0 heterocycles. The van der Waals surface area contributed by atoms with Crippen LogP contribution >= 0.6 is 11.6 Å². The number of carbonyl (C=O) groups is 1. The normalized spacial score (nSPS) is 10.3. The van der Waals surface area contributed by atoms with Gasteiger partial charge in [0.25, 0.3) is 0 Å². The second-order valence-electron chi connectivity index (χ2n) is 3.68. The fourth-order valence-corrected chi connectivity index (χ4v) is 1.52. The number of ether oxygens (including phenoxy) is 1. The monoisotopic (exact) mass is 256 g/mol. The van der Waals surface area contributed by atoms with Gasteiger partial charge >= 0.3 is 0 Å². The molecule has 0 spiro atoms. The van der Waals surface area contributed by atoms with E-state index in [2.05, 4.69) is 0 Å². The predicted octanol–water partition coefficient (Wildman–Crippen LogP) is 1.27. The van der Waals surface area contributed by atoms with Crippen molar-refractivity contribution in [3.8, 4) is 0 Å². The summed E-state index contributed by atoms with van der Waals surface area (Å²) in [6.45, 7) is 1.34. The van der Waals surface area contributed by atoms with Crippen LogP contribution in [0.2, 0.25) is 5.02 Å². The van der Waals surface area contributed by atoms with Crippen LogP contribution < -0.4 is 5.73 Å². The molecule has 0 aliphatic rings. The average Bonchev–Trinajstić information content (AvgIpc) is 2.32. The number of hydrogen-bond acceptors (Lipinski definition) is 3. The van der Waals surface area contributed by atoms with E-state index >= 15 is 0 Å². The highest BCUT2D eigenvalue weighted by Crippen LogP contribution is 2.16. The molecule has 0 aliphatic heterocycles. The quantitative estimate of drug-likeness (QED) is 0.780. The molecule has 0 atom stereocenters. The van der Waals surface area contributed by atoms with Crippen LogP contribution in [0.5, 0.6) is 0 Å². The van der Waals surface area contributed by atoms with Gasteiger partial charge in [-0.05, 0) is 11.6 Å². The van der Waals surface area contributed by atoms with Crippen LogP contribution in [-0.2, 0) is 16.1 Å². The molecule has 17 heavy (non-hydrogen) atoms. The second-order valence-corrected chi connectivity index (χ2v) is 4.09. The lowest BCUT2D eigenvalue weighted by atomic mass is 10.2. The number of benzene rings is 1. The smallest absolute Gasteiger partial charge is 0.248 e. The van der Waals surface area contributed by atoms with E-state index in [4.69, 9.17) is 22.1 Å². The van der Waals surface area contributed by atoms with Gasteiger partial charge in [-0.15, -0.1) is 0 Å². The Morgan fingerprint density at radius 2 is 2.18 bits per heavy atom. The highest BCUT2D eigenvalue weighted by atomic mass is 35.5. The van der Waals surface area contributed by atoms with Crippen LogP contribution in [0.15, 0.2) is 24.3 Å². The number of halogens is 1. The summed E-state index contributed by atoms with van der Waals surface area (Å²) >= 11 is 6.01. The van der Waals surface area contributed by atoms with E-state index in [1.54, 1.807) is 18.0 Å². The van der Waals surface area contributed by atoms with Gasteiger partial charge in [0.15, 0.2) is 0 Å². The molecule has 1 aromatic carbocycles. The number of amides is 1. The molecule has 2 N–H and O–H groups in total. The van der Waals surface area contributed by atoms with Crippen molar-refractivity contribution in [3.63, 3.8) is 0 Å². The molecule has 1 rings (SSSR count).